The quantitative estimate of drug-likeness (QED) is 0.832. The van der Waals surface area contributed by atoms with Crippen molar-refractivity contribution in [3.8, 4) is 11.8 Å². The van der Waals surface area contributed by atoms with Crippen molar-refractivity contribution in [2.24, 2.45) is 0 Å². The molecule has 0 bridgehead atoms. The highest BCUT2D eigenvalue weighted by Crippen LogP contribution is 2.30. The van der Waals surface area contributed by atoms with Gasteiger partial charge in [0.2, 0.25) is 0 Å². The van der Waals surface area contributed by atoms with Crippen LogP contribution in [0.4, 0.5) is 0 Å². The standard InChI is InChI=1S/C19H21N3O4/c1-24-17-18(21-9-8-20-17)26-14-6-10-22(12-14)19(23)16-15-5-3-2-4-13(15)7-11-25-16/h2-5,8-9,14,16H,6-7,10-12H2,1H3/t14-,16+/m1/s1. The van der Waals surface area contributed by atoms with Crippen molar-refractivity contribution in [1.82, 2.24) is 14.9 Å². The number of ether oxygens (including phenoxy) is 3. The fourth-order valence-electron chi connectivity index (χ4n) is 3.48. The Morgan fingerprint density at radius 3 is 2.88 bits per heavy atom. The summed E-state index contributed by atoms with van der Waals surface area (Å²) in [5, 5.41) is 0. The monoisotopic (exact) mass is 355 g/mol. The van der Waals surface area contributed by atoms with Gasteiger partial charge in [-0.2, -0.15) is 0 Å². The van der Waals surface area contributed by atoms with E-state index in [2.05, 4.69) is 16.0 Å². The van der Waals surface area contributed by atoms with Crippen LogP contribution < -0.4 is 9.47 Å². The molecule has 0 N–H and O–H groups in total. The van der Waals surface area contributed by atoms with E-state index < -0.39 is 6.10 Å². The number of hydrogen-bond acceptors (Lipinski definition) is 6. The Morgan fingerprint density at radius 2 is 2.04 bits per heavy atom. The van der Waals surface area contributed by atoms with Crippen molar-refractivity contribution in [1.29, 1.82) is 0 Å². The molecule has 7 heteroatoms. The van der Waals surface area contributed by atoms with Crippen molar-refractivity contribution < 1.29 is 19.0 Å². The van der Waals surface area contributed by atoms with E-state index in [0.29, 0.717) is 31.5 Å². The number of fused-ring (bicyclic) bond motifs is 1. The van der Waals surface area contributed by atoms with Gasteiger partial charge in [-0.3, -0.25) is 4.79 Å². The van der Waals surface area contributed by atoms with Crippen molar-refractivity contribution in [3.63, 3.8) is 0 Å². The number of nitrogens with zero attached hydrogens (tertiary/aromatic N) is 3. The summed E-state index contributed by atoms with van der Waals surface area (Å²) in [6.45, 7) is 1.70. The van der Waals surface area contributed by atoms with Crippen molar-refractivity contribution in [2.45, 2.75) is 25.0 Å². The van der Waals surface area contributed by atoms with Gasteiger partial charge < -0.3 is 19.1 Å². The van der Waals surface area contributed by atoms with Crippen LogP contribution in [0.3, 0.4) is 0 Å². The van der Waals surface area contributed by atoms with E-state index in [1.165, 1.54) is 12.7 Å². The Morgan fingerprint density at radius 1 is 1.23 bits per heavy atom. The van der Waals surface area contributed by atoms with E-state index >= 15 is 0 Å². The summed E-state index contributed by atoms with van der Waals surface area (Å²) in [5.74, 6) is 0.699. The predicted molar refractivity (Wildman–Crippen MR) is 93.0 cm³/mol. The van der Waals surface area contributed by atoms with Gasteiger partial charge in [0.05, 0.1) is 20.3 Å². The molecule has 1 fully saturated rings. The molecule has 1 saturated heterocycles. The van der Waals surface area contributed by atoms with Crippen molar-refractivity contribution in [3.05, 3.63) is 47.8 Å². The Hall–Kier alpha value is -2.67. The minimum absolute atomic E-state index is 0.00522. The van der Waals surface area contributed by atoms with Gasteiger partial charge in [-0.15, -0.1) is 0 Å². The zero-order chi connectivity index (χ0) is 17.9. The Balaban J connectivity index is 1.44. The first kappa shape index (κ1) is 16.8. The maximum Gasteiger partial charge on any atom is 0.278 e. The minimum atomic E-state index is -0.523. The lowest BCUT2D eigenvalue weighted by Gasteiger charge is -2.28. The number of hydrogen-bond donors (Lipinski definition) is 0. The van der Waals surface area contributed by atoms with Gasteiger partial charge in [0, 0.05) is 25.4 Å². The first-order valence-electron chi connectivity index (χ1n) is 8.76. The fraction of sp³-hybridized carbons (Fsp3) is 0.421. The van der Waals surface area contributed by atoms with E-state index in [0.717, 1.165) is 18.4 Å². The number of carbonyl (C=O) groups excluding carboxylic acids is 1. The Kier molecular flexibility index (Phi) is 4.71. The lowest BCUT2D eigenvalue weighted by Crippen LogP contribution is -2.37. The highest BCUT2D eigenvalue weighted by Gasteiger charge is 2.35. The molecule has 0 unspecified atom stereocenters. The molecule has 0 aliphatic carbocycles. The summed E-state index contributed by atoms with van der Waals surface area (Å²) >= 11 is 0. The van der Waals surface area contributed by atoms with Crippen molar-refractivity contribution in [2.75, 3.05) is 26.8 Å². The Bertz CT molecular complexity index is 798. The first-order valence-corrected chi connectivity index (χ1v) is 8.76. The third-order valence-electron chi connectivity index (χ3n) is 4.78. The maximum absolute atomic E-state index is 13.0. The third-order valence-corrected chi connectivity index (χ3v) is 4.78. The van der Waals surface area contributed by atoms with Gasteiger partial charge in [0.1, 0.15) is 6.10 Å². The van der Waals surface area contributed by atoms with Gasteiger partial charge in [0.15, 0.2) is 6.10 Å². The molecule has 26 heavy (non-hydrogen) atoms. The third kappa shape index (κ3) is 3.22. The molecule has 1 amide bonds. The molecule has 3 heterocycles. The number of carbonyl (C=O) groups is 1. The Labute approximate surface area is 151 Å². The predicted octanol–water partition coefficient (Wildman–Crippen LogP) is 1.78. The molecule has 2 aromatic rings. The molecule has 2 atom stereocenters. The van der Waals surface area contributed by atoms with Crippen LogP contribution in [0.2, 0.25) is 0 Å². The number of amides is 1. The van der Waals surface area contributed by atoms with Crippen LogP contribution in [-0.4, -0.2) is 53.7 Å². The summed E-state index contributed by atoms with van der Waals surface area (Å²) < 4.78 is 16.9. The van der Waals surface area contributed by atoms with Crippen molar-refractivity contribution >= 4 is 5.91 Å². The second-order valence-electron chi connectivity index (χ2n) is 6.38. The normalized spacial score (nSPS) is 22.0. The maximum atomic E-state index is 13.0. The average Bonchev–Trinajstić information content (AvgIpc) is 3.16. The smallest absolute Gasteiger partial charge is 0.278 e. The molecule has 7 nitrogen and oxygen atoms in total. The second-order valence-corrected chi connectivity index (χ2v) is 6.38. The second kappa shape index (κ2) is 7.29. The number of likely N-dealkylation sites (tertiary alicyclic amines) is 1. The highest BCUT2D eigenvalue weighted by atomic mass is 16.5. The van der Waals surface area contributed by atoms with Crippen LogP contribution in [0.5, 0.6) is 11.8 Å². The van der Waals surface area contributed by atoms with E-state index in [4.69, 9.17) is 14.2 Å². The van der Waals surface area contributed by atoms with Crippen LogP contribution in [-0.2, 0) is 16.0 Å². The van der Waals surface area contributed by atoms with Crippen LogP contribution in [0.1, 0.15) is 23.7 Å². The zero-order valence-corrected chi connectivity index (χ0v) is 14.6. The van der Waals surface area contributed by atoms with Crippen LogP contribution in [0.25, 0.3) is 0 Å². The fourth-order valence-corrected chi connectivity index (χ4v) is 3.48. The summed E-state index contributed by atoms with van der Waals surface area (Å²) in [6.07, 6.45) is 4.03. The van der Waals surface area contributed by atoms with Gasteiger partial charge in [0.25, 0.3) is 17.7 Å². The molecule has 0 saturated carbocycles. The lowest BCUT2D eigenvalue weighted by molar-refractivity contribution is -0.144. The minimum Gasteiger partial charge on any atom is -0.477 e. The van der Waals surface area contributed by atoms with Crippen LogP contribution in [0, 0.1) is 0 Å². The topological polar surface area (TPSA) is 73.8 Å². The number of benzene rings is 1. The van der Waals surface area contributed by atoms with Gasteiger partial charge in [-0.1, -0.05) is 24.3 Å². The summed E-state index contributed by atoms with van der Waals surface area (Å²) in [4.78, 5) is 23.0. The molecule has 2 aliphatic rings. The van der Waals surface area contributed by atoms with Gasteiger partial charge in [-0.25, -0.2) is 9.97 Å². The van der Waals surface area contributed by atoms with E-state index in [1.54, 1.807) is 17.3 Å². The molecular formula is C19H21N3O4. The molecule has 0 spiro atoms. The summed E-state index contributed by atoms with van der Waals surface area (Å²) in [5.41, 5.74) is 2.16. The number of aromatic nitrogens is 2. The summed E-state index contributed by atoms with van der Waals surface area (Å²) in [6, 6.07) is 7.99. The summed E-state index contributed by atoms with van der Waals surface area (Å²) in [7, 11) is 1.53. The average molecular weight is 355 g/mol. The molecule has 0 radical (unpaired) electrons. The van der Waals surface area contributed by atoms with Crippen LogP contribution >= 0.6 is 0 Å². The van der Waals surface area contributed by atoms with E-state index in [-0.39, 0.29) is 12.0 Å². The van der Waals surface area contributed by atoms with E-state index in [1.807, 2.05) is 18.2 Å². The van der Waals surface area contributed by atoms with E-state index in [9.17, 15) is 4.79 Å². The van der Waals surface area contributed by atoms with Crippen LogP contribution in [0.15, 0.2) is 36.7 Å². The molecule has 4 rings (SSSR count). The van der Waals surface area contributed by atoms with Gasteiger partial charge >= 0.3 is 0 Å². The first-order chi connectivity index (χ1) is 12.8. The molecule has 2 aliphatic heterocycles. The van der Waals surface area contributed by atoms with Gasteiger partial charge in [-0.05, 0) is 17.5 Å². The molecular weight excluding hydrogens is 334 g/mol. The number of rotatable bonds is 4. The zero-order valence-electron chi connectivity index (χ0n) is 14.6. The molecule has 1 aromatic carbocycles. The molecule has 136 valence electrons. The molecule has 1 aromatic heterocycles. The SMILES string of the molecule is COc1nccnc1O[C@@H]1CCN(C(=O)[C@H]2OCCc3ccccc32)C1. The largest absolute Gasteiger partial charge is 0.477 e. The number of methoxy groups -OCH3 is 1. The highest BCUT2D eigenvalue weighted by molar-refractivity contribution is 5.83. The lowest BCUT2D eigenvalue weighted by atomic mass is 9.97.